The van der Waals surface area contributed by atoms with Gasteiger partial charge in [-0.3, -0.25) is 5.10 Å². The van der Waals surface area contributed by atoms with Crippen molar-refractivity contribution >= 4 is 46.0 Å². The number of hydrogen-bond acceptors (Lipinski definition) is 4. The molecule has 0 spiro atoms. The van der Waals surface area contributed by atoms with Gasteiger partial charge in [-0.2, -0.15) is 5.10 Å². The van der Waals surface area contributed by atoms with Crippen LogP contribution in [0.15, 0.2) is 79.4 Å². The van der Waals surface area contributed by atoms with Gasteiger partial charge in [0.25, 0.3) is 0 Å². The molecule has 3 aromatic carbocycles. The van der Waals surface area contributed by atoms with Crippen molar-refractivity contribution in [3.63, 3.8) is 0 Å². The quantitative estimate of drug-likeness (QED) is 0.135. The summed E-state index contributed by atoms with van der Waals surface area (Å²) in [7, 11) is 0. The number of halogens is 2. The number of rotatable bonds is 9. The van der Waals surface area contributed by atoms with E-state index in [1.54, 1.807) is 0 Å². The zero-order valence-electron chi connectivity index (χ0n) is 21.0. The van der Waals surface area contributed by atoms with Gasteiger partial charge in [0.2, 0.25) is 0 Å². The number of carbonyl (C=O) groups excluding carboxylic acids is 1. The fourth-order valence-electron chi connectivity index (χ4n) is 4.48. The predicted octanol–water partition coefficient (Wildman–Crippen LogP) is 6.35. The van der Waals surface area contributed by atoms with Crippen LogP contribution in [-0.2, 0) is 19.4 Å². The normalized spacial score (nSPS) is 11.8. The molecule has 0 aliphatic heterocycles. The van der Waals surface area contributed by atoms with E-state index in [9.17, 15) is 4.79 Å². The minimum absolute atomic E-state index is 0.311. The SMILES string of the molecule is C=CCc1ccc(Cl)cc1CNC(=O)N[C@@H](Cc1ccccc1)c1nc(-c2ccc3c(N)n[nH]c3c2)c(Cl)[nH]1. The summed E-state index contributed by atoms with van der Waals surface area (Å²) in [5.41, 5.74) is 11.0. The van der Waals surface area contributed by atoms with Gasteiger partial charge in [0.1, 0.15) is 16.7 Å². The highest BCUT2D eigenvalue weighted by Crippen LogP contribution is 2.31. The number of H-pyrrole nitrogens is 2. The Balaban J connectivity index is 1.38. The highest BCUT2D eigenvalue weighted by molar-refractivity contribution is 6.32. The lowest BCUT2D eigenvalue weighted by Gasteiger charge is -2.18. The number of aromatic amines is 2. The van der Waals surface area contributed by atoms with Crippen LogP contribution in [0.25, 0.3) is 22.2 Å². The number of nitrogen functional groups attached to an aromatic ring is 1. The molecule has 5 aromatic rings. The van der Waals surface area contributed by atoms with Crippen LogP contribution in [0.4, 0.5) is 10.6 Å². The number of amides is 2. The smallest absolute Gasteiger partial charge is 0.315 e. The molecule has 5 rings (SSSR count). The van der Waals surface area contributed by atoms with Crippen molar-refractivity contribution in [2.75, 3.05) is 5.73 Å². The van der Waals surface area contributed by atoms with Crippen LogP contribution in [-0.4, -0.2) is 26.2 Å². The number of nitrogens with one attached hydrogen (secondary N) is 4. The lowest BCUT2D eigenvalue weighted by molar-refractivity contribution is 0.236. The molecule has 2 aromatic heterocycles. The molecule has 0 radical (unpaired) electrons. The number of benzene rings is 3. The van der Waals surface area contributed by atoms with E-state index < -0.39 is 6.04 Å². The van der Waals surface area contributed by atoms with Crippen LogP contribution in [0.3, 0.4) is 0 Å². The second-order valence-corrected chi connectivity index (χ2v) is 9.94. The average molecular weight is 560 g/mol. The number of anilines is 1. The van der Waals surface area contributed by atoms with Gasteiger partial charge in [-0.25, -0.2) is 9.78 Å². The van der Waals surface area contributed by atoms with Crippen LogP contribution in [0, 0.1) is 0 Å². The lowest BCUT2D eigenvalue weighted by Crippen LogP contribution is -2.39. The van der Waals surface area contributed by atoms with E-state index >= 15 is 0 Å². The molecular formula is C29H27Cl2N7O. The number of hydrogen-bond donors (Lipinski definition) is 5. The molecule has 6 N–H and O–H groups in total. The molecule has 0 aliphatic carbocycles. The average Bonchev–Trinajstić information content (AvgIpc) is 3.51. The maximum absolute atomic E-state index is 13.1. The third kappa shape index (κ3) is 6.08. The number of aromatic nitrogens is 4. The largest absolute Gasteiger partial charge is 0.382 e. The van der Waals surface area contributed by atoms with Gasteiger partial charge in [0, 0.05) is 22.5 Å². The molecule has 198 valence electrons. The van der Waals surface area contributed by atoms with Gasteiger partial charge in [-0.05, 0) is 53.8 Å². The Morgan fingerprint density at radius 3 is 2.69 bits per heavy atom. The second kappa shape index (κ2) is 11.6. The number of nitrogens with two attached hydrogens (primary N) is 1. The van der Waals surface area contributed by atoms with Crippen LogP contribution in [0.1, 0.15) is 28.6 Å². The molecule has 0 saturated carbocycles. The van der Waals surface area contributed by atoms with E-state index in [2.05, 4.69) is 32.4 Å². The van der Waals surface area contributed by atoms with Crippen molar-refractivity contribution in [2.24, 2.45) is 0 Å². The zero-order chi connectivity index (χ0) is 27.4. The summed E-state index contributed by atoms with van der Waals surface area (Å²) in [4.78, 5) is 21.0. The number of nitrogens with zero attached hydrogens (tertiary/aromatic N) is 2. The number of fused-ring (bicyclic) bond motifs is 1. The standard InChI is InChI=1S/C29H27Cl2N7O/c1-2-6-18-9-11-21(30)14-20(18)16-33-29(39)34-24(13-17-7-4-3-5-8-17)28-35-25(26(31)36-28)19-10-12-22-23(15-19)37-38-27(22)32/h2-5,7-12,14-15,24H,1,6,13,16H2,(H,35,36)(H3,32,37,38)(H2,33,34,39)/t24-/m0/s1. The topological polar surface area (TPSA) is 125 Å². The van der Waals surface area contributed by atoms with Gasteiger partial charge >= 0.3 is 6.03 Å². The van der Waals surface area contributed by atoms with E-state index in [0.717, 1.165) is 33.2 Å². The molecule has 1 atom stereocenters. The van der Waals surface area contributed by atoms with Gasteiger partial charge in [0.05, 0.1) is 11.6 Å². The maximum Gasteiger partial charge on any atom is 0.315 e. The first-order valence-electron chi connectivity index (χ1n) is 12.4. The van der Waals surface area contributed by atoms with Crippen molar-refractivity contribution in [1.29, 1.82) is 0 Å². The van der Waals surface area contributed by atoms with Gasteiger partial charge < -0.3 is 21.4 Å². The number of urea groups is 1. The number of carbonyl (C=O) groups is 1. The number of imidazole rings is 1. The molecule has 0 aliphatic rings. The Labute approximate surface area is 235 Å². The van der Waals surface area contributed by atoms with Crippen molar-refractivity contribution in [3.8, 4) is 11.3 Å². The Morgan fingerprint density at radius 2 is 1.90 bits per heavy atom. The van der Waals surface area contributed by atoms with Crippen molar-refractivity contribution in [1.82, 2.24) is 30.8 Å². The third-order valence-corrected chi connectivity index (χ3v) is 6.94. The molecular weight excluding hydrogens is 533 g/mol. The minimum Gasteiger partial charge on any atom is -0.382 e. The summed E-state index contributed by atoms with van der Waals surface area (Å²) >= 11 is 12.8. The van der Waals surface area contributed by atoms with Crippen molar-refractivity contribution in [3.05, 3.63) is 112 Å². The van der Waals surface area contributed by atoms with E-state index in [-0.39, 0.29) is 6.03 Å². The minimum atomic E-state index is -0.475. The summed E-state index contributed by atoms with van der Waals surface area (Å²) in [6.45, 7) is 4.12. The summed E-state index contributed by atoms with van der Waals surface area (Å²) in [5, 5.41) is 14.8. The first kappa shape index (κ1) is 26.3. The molecule has 39 heavy (non-hydrogen) atoms. The molecule has 0 unspecified atom stereocenters. The van der Waals surface area contributed by atoms with Crippen LogP contribution in [0.5, 0.6) is 0 Å². The van der Waals surface area contributed by atoms with E-state index in [1.165, 1.54) is 0 Å². The Bertz CT molecular complexity index is 1630. The van der Waals surface area contributed by atoms with E-state index in [0.29, 0.717) is 46.9 Å². The third-order valence-electron chi connectivity index (χ3n) is 6.43. The van der Waals surface area contributed by atoms with E-state index in [4.69, 9.17) is 33.9 Å². The Hall–Kier alpha value is -4.27. The van der Waals surface area contributed by atoms with Crippen LogP contribution < -0.4 is 16.4 Å². The molecule has 10 heteroatoms. The van der Waals surface area contributed by atoms with Gasteiger partial charge in [-0.15, -0.1) is 6.58 Å². The molecule has 2 amide bonds. The van der Waals surface area contributed by atoms with Gasteiger partial charge in [0.15, 0.2) is 5.82 Å². The van der Waals surface area contributed by atoms with Crippen LogP contribution >= 0.6 is 23.2 Å². The first-order chi connectivity index (χ1) is 18.9. The Morgan fingerprint density at radius 1 is 1.08 bits per heavy atom. The summed E-state index contributed by atoms with van der Waals surface area (Å²) in [5.74, 6) is 0.964. The van der Waals surface area contributed by atoms with E-state index in [1.807, 2.05) is 72.8 Å². The first-order valence-corrected chi connectivity index (χ1v) is 13.1. The predicted molar refractivity (Wildman–Crippen MR) is 157 cm³/mol. The van der Waals surface area contributed by atoms with Crippen molar-refractivity contribution in [2.45, 2.75) is 25.4 Å². The summed E-state index contributed by atoms with van der Waals surface area (Å²) in [6, 6.07) is 20.3. The fraction of sp³-hybridized carbons (Fsp3) is 0.138. The zero-order valence-corrected chi connectivity index (χ0v) is 22.5. The number of allylic oxidation sites excluding steroid dienone is 1. The molecule has 8 nitrogen and oxygen atoms in total. The molecule has 0 bridgehead atoms. The van der Waals surface area contributed by atoms with Gasteiger partial charge in [-0.1, -0.05) is 71.7 Å². The fourth-order valence-corrected chi connectivity index (χ4v) is 4.92. The monoisotopic (exact) mass is 559 g/mol. The summed E-state index contributed by atoms with van der Waals surface area (Å²) < 4.78 is 0. The Kier molecular flexibility index (Phi) is 7.86. The molecule has 0 saturated heterocycles. The van der Waals surface area contributed by atoms with Crippen molar-refractivity contribution < 1.29 is 4.79 Å². The highest BCUT2D eigenvalue weighted by atomic mass is 35.5. The highest BCUT2D eigenvalue weighted by Gasteiger charge is 2.22. The van der Waals surface area contributed by atoms with Crippen LogP contribution in [0.2, 0.25) is 10.2 Å². The lowest BCUT2D eigenvalue weighted by atomic mass is 10.0. The molecule has 0 fully saturated rings. The molecule has 2 heterocycles. The summed E-state index contributed by atoms with van der Waals surface area (Å²) in [6.07, 6.45) is 3.00. The second-order valence-electron chi connectivity index (χ2n) is 9.13. The maximum atomic E-state index is 13.1.